The number of nitrogens with one attached hydrogen (secondary N) is 1. The first-order valence-electron chi connectivity index (χ1n) is 6.88. The molecule has 1 amide bonds. The normalized spacial score (nSPS) is 13.8. The lowest BCUT2D eigenvalue weighted by atomic mass is 10.00. The molecule has 1 aromatic carbocycles. The molecular weight excluding hydrogens is 240 g/mol. The van der Waals surface area contributed by atoms with Gasteiger partial charge >= 0.3 is 0 Å². The van der Waals surface area contributed by atoms with Crippen LogP contribution in [0.2, 0.25) is 0 Å². The van der Waals surface area contributed by atoms with Crippen LogP contribution >= 0.6 is 0 Å². The van der Waals surface area contributed by atoms with Gasteiger partial charge < -0.3 is 16.2 Å². The highest BCUT2D eigenvalue weighted by molar-refractivity contribution is 5.82. The molecule has 1 aromatic rings. The summed E-state index contributed by atoms with van der Waals surface area (Å²) in [7, 11) is 0. The number of carbonyl (C=O) groups excluding carboxylic acids is 1. The number of carbonyl (C=O) groups is 1. The second-order valence-electron chi connectivity index (χ2n) is 4.80. The fourth-order valence-electron chi connectivity index (χ4n) is 2.11. The maximum absolute atomic E-state index is 12.0. The van der Waals surface area contributed by atoms with Gasteiger partial charge in [-0.05, 0) is 24.3 Å². The standard InChI is InChI=1S/C15H24N2O2/c1-2-6-12(9-10-18)11-17-15(19)14(16)13-7-4-3-5-8-13/h3-5,7-8,12,14,18H,2,6,9-11,16H2,1H3,(H,17,19)/t12?,14-/m0/s1. The molecule has 0 radical (unpaired) electrons. The van der Waals surface area contributed by atoms with Gasteiger partial charge in [0.2, 0.25) is 5.91 Å². The predicted octanol–water partition coefficient (Wildman–Crippen LogP) is 1.60. The van der Waals surface area contributed by atoms with Crippen LogP contribution in [0.15, 0.2) is 30.3 Å². The Balaban J connectivity index is 2.45. The molecule has 4 nitrogen and oxygen atoms in total. The second-order valence-corrected chi connectivity index (χ2v) is 4.80. The van der Waals surface area contributed by atoms with E-state index in [2.05, 4.69) is 12.2 Å². The van der Waals surface area contributed by atoms with E-state index in [1.165, 1.54) is 0 Å². The number of hydrogen-bond donors (Lipinski definition) is 3. The van der Waals surface area contributed by atoms with E-state index in [-0.39, 0.29) is 12.5 Å². The summed E-state index contributed by atoms with van der Waals surface area (Å²) in [5.41, 5.74) is 6.73. The van der Waals surface area contributed by atoms with E-state index in [1.54, 1.807) is 0 Å². The maximum atomic E-state index is 12.0. The van der Waals surface area contributed by atoms with Crippen molar-refractivity contribution in [3.8, 4) is 0 Å². The first-order valence-corrected chi connectivity index (χ1v) is 6.88. The highest BCUT2D eigenvalue weighted by Gasteiger charge is 2.16. The molecule has 0 aliphatic heterocycles. The zero-order chi connectivity index (χ0) is 14.1. The van der Waals surface area contributed by atoms with E-state index >= 15 is 0 Å². The molecule has 19 heavy (non-hydrogen) atoms. The minimum Gasteiger partial charge on any atom is -0.396 e. The van der Waals surface area contributed by atoms with Crippen molar-refractivity contribution >= 4 is 5.91 Å². The minimum absolute atomic E-state index is 0.158. The maximum Gasteiger partial charge on any atom is 0.241 e. The van der Waals surface area contributed by atoms with Crippen molar-refractivity contribution in [1.29, 1.82) is 0 Å². The topological polar surface area (TPSA) is 75.3 Å². The number of rotatable bonds is 8. The Morgan fingerprint density at radius 1 is 1.32 bits per heavy atom. The molecule has 0 bridgehead atoms. The van der Waals surface area contributed by atoms with Crippen LogP contribution in [0.25, 0.3) is 0 Å². The van der Waals surface area contributed by atoms with Crippen LogP contribution in [0.1, 0.15) is 37.8 Å². The van der Waals surface area contributed by atoms with Gasteiger partial charge in [0.25, 0.3) is 0 Å². The van der Waals surface area contributed by atoms with Gasteiger partial charge in [-0.15, -0.1) is 0 Å². The molecule has 4 heteroatoms. The molecule has 1 rings (SSSR count). The van der Waals surface area contributed by atoms with Gasteiger partial charge in [-0.3, -0.25) is 4.79 Å². The van der Waals surface area contributed by atoms with Crippen molar-refractivity contribution in [1.82, 2.24) is 5.32 Å². The van der Waals surface area contributed by atoms with Gasteiger partial charge in [0.05, 0.1) is 0 Å². The van der Waals surface area contributed by atoms with Crippen molar-refractivity contribution in [2.45, 2.75) is 32.2 Å². The van der Waals surface area contributed by atoms with Crippen LogP contribution in [-0.4, -0.2) is 24.2 Å². The summed E-state index contributed by atoms with van der Waals surface area (Å²) in [5.74, 6) is 0.159. The largest absolute Gasteiger partial charge is 0.396 e. The highest BCUT2D eigenvalue weighted by atomic mass is 16.3. The molecule has 0 aliphatic carbocycles. The second kappa shape index (κ2) is 8.67. The molecule has 0 spiro atoms. The van der Waals surface area contributed by atoms with Crippen LogP contribution < -0.4 is 11.1 Å². The molecule has 0 aliphatic rings. The highest BCUT2D eigenvalue weighted by Crippen LogP contribution is 2.12. The van der Waals surface area contributed by atoms with Crippen molar-refractivity contribution in [3.63, 3.8) is 0 Å². The average molecular weight is 264 g/mol. The summed E-state index contributed by atoms with van der Waals surface area (Å²) in [6.07, 6.45) is 2.77. The van der Waals surface area contributed by atoms with Crippen LogP contribution in [0.4, 0.5) is 0 Å². The van der Waals surface area contributed by atoms with Crippen molar-refractivity contribution in [2.75, 3.05) is 13.2 Å². The van der Waals surface area contributed by atoms with Crippen molar-refractivity contribution in [3.05, 3.63) is 35.9 Å². The van der Waals surface area contributed by atoms with Crippen LogP contribution in [-0.2, 0) is 4.79 Å². The first kappa shape index (κ1) is 15.7. The third-order valence-corrected chi connectivity index (χ3v) is 3.24. The van der Waals surface area contributed by atoms with Gasteiger partial charge in [0.1, 0.15) is 6.04 Å². The van der Waals surface area contributed by atoms with E-state index in [9.17, 15) is 4.79 Å². The number of amides is 1. The van der Waals surface area contributed by atoms with E-state index < -0.39 is 6.04 Å². The molecule has 0 aromatic heterocycles. The average Bonchev–Trinajstić information content (AvgIpc) is 2.45. The fourth-order valence-corrected chi connectivity index (χ4v) is 2.11. The first-order chi connectivity index (χ1) is 9.19. The molecule has 0 fully saturated rings. The monoisotopic (exact) mass is 264 g/mol. The SMILES string of the molecule is CCCC(CCO)CNC(=O)[C@@H](N)c1ccccc1. The molecule has 0 heterocycles. The van der Waals surface area contributed by atoms with E-state index in [1.807, 2.05) is 30.3 Å². The number of nitrogens with two attached hydrogens (primary N) is 1. The van der Waals surface area contributed by atoms with Crippen molar-refractivity contribution in [2.24, 2.45) is 11.7 Å². The summed E-state index contributed by atoms with van der Waals surface area (Å²) in [4.78, 5) is 12.0. The third-order valence-electron chi connectivity index (χ3n) is 3.24. The smallest absolute Gasteiger partial charge is 0.241 e. The van der Waals surface area contributed by atoms with E-state index in [4.69, 9.17) is 10.8 Å². The number of hydrogen-bond acceptors (Lipinski definition) is 3. The van der Waals surface area contributed by atoms with Gasteiger partial charge in [0, 0.05) is 13.2 Å². The van der Waals surface area contributed by atoms with Crippen LogP contribution in [0.3, 0.4) is 0 Å². The molecular formula is C15H24N2O2. The molecule has 4 N–H and O–H groups in total. The van der Waals surface area contributed by atoms with E-state index in [0.29, 0.717) is 18.9 Å². The zero-order valence-corrected chi connectivity index (χ0v) is 11.5. The summed E-state index contributed by atoms with van der Waals surface area (Å²) < 4.78 is 0. The zero-order valence-electron chi connectivity index (χ0n) is 11.5. The Hall–Kier alpha value is -1.39. The van der Waals surface area contributed by atoms with Gasteiger partial charge in [-0.25, -0.2) is 0 Å². The summed E-state index contributed by atoms with van der Waals surface area (Å²) >= 11 is 0. The Bertz CT molecular complexity index is 362. The summed E-state index contributed by atoms with van der Waals surface area (Å²) in [6.45, 7) is 2.83. The molecule has 106 valence electrons. The fraction of sp³-hybridized carbons (Fsp3) is 0.533. The van der Waals surface area contributed by atoms with Crippen molar-refractivity contribution < 1.29 is 9.90 Å². The molecule has 1 unspecified atom stereocenters. The van der Waals surface area contributed by atoms with Gasteiger partial charge in [-0.1, -0.05) is 43.7 Å². The van der Waals surface area contributed by atoms with Crippen LogP contribution in [0.5, 0.6) is 0 Å². The molecule has 0 saturated heterocycles. The number of aliphatic hydroxyl groups is 1. The molecule has 2 atom stereocenters. The molecule has 0 saturated carbocycles. The predicted molar refractivity (Wildman–Crippen MR) is 76.5 cm³/mol. The lowest BCUT2D eigenvalue weighted by Crippen LogP contribution is -2.37. The van der Waals surface area contributed by atoms with Gasteiger partial charge in [-0.2, -0.15) is 0 Å². The quantitative estimate of drug-likeness (QED) is 0.667. The van der Waals surface area contributed by atoms with Crippen LogP contribution in [0, 0.1) is 5.92 Å². The summed E-state index contributed by atoms with van der Waals surface area (Å²) in [6, 6.07) is 8.70. The number of aliphatic hydroxyl groups excluding tert-OH is 1. The Morgan fingerprint density at radius 2 is 2.00 bits per heavy atom. The third kappa shape index (κ3) is 5.41. The Kier molecular flexibility index (Phi) is 7.15. The lowest BCUT2D eigenvalue weighted by Gasteiger charge is -2.18. The number of benzene rings is 1. The van der Waals surface area contributed by atoms with Gasteiger partial charge in [0.15, 0.2) is 0 Å². The summed E-state index contributed by atoms with van der Waals surface area (Å²) in [5, 5.41) is 11.9. The van der Waals surface area contributed by atoms with E-state index in [0.717, 1.165) is 18.4 Å². The minimum atomic E-state index is -0.627. The Labute approximate surface area is 115 Å². The Morgan fingerprint density at radius 3 is 2.58 bits per heavy atom. The lowest BCUT2D eigenvalue weighted by molar-refractivity contribution is -0.122.